The second-order valence-electron chi connectivity index (χ2n) is 5.41. The summed E-state index contributed by atoms with van der Waals surface area (Å²) in [4.78, 5) is 14.4. The van der Waals surface area contributed by atoms with Crippen LogP contribution < -0.4 is 0 Å². The van der Waals surface area contributed by atoms with E-state index in [0.717, 1.165) is 49.0 Å². The molecule has 0 atom stereocenters. The molecule has 1 aliphatic heterocycles. The van der Waals surface area contributed by atoms with Gasteiger partial charge in [0, 0.05) is 18.7 Å². The van der Waals surface area contributed by atoms with Gasteiger partial charge in [0.25, 0.3) is 0 Å². The largest absolute Gasteiger partial charge is 0.378 e. The SMILES string of the molecule is O=C(CSC(=S)N1CCOCC1)c1ccc2c(c1)CCC2. The van der Waals surface area contributed by atoms with Gasteiger partial charge in [-0.25, -0.2) is 0 Å². The summed E-state index contributed by atoms with van der Waals surface area (Å²) in [5.74, 6) is 0.597. The van der Waals surface area contributed by atoms with E-state index >= 15 is 0 Å². The number of nitrogens with zero attached hydrogens (tertiary/aromatic N) is 1. The van der Waals surface area contributed by atoms with Gasteiger partial charge in [0.15, 0.2) is 5.78 Å². The van der Waals surface area contributed by atoms with E-state index in [1.165, 1.54) is 29.3 Å². The molecule has 3 nitrogen and oxygen atoms in total. The third kappa shape index (κ3) is 3.65. The van der Waals surface area contributed by atoms with E-state index < -0.39 is 0 Å². The van der Waals surface area contributed by atoms with Crippen LogP contribution in [0.5, 0.6) is 0 Å². The lowest BCUT2D eigenvalue weighted by Gasteiger charge is -2.28. The molecule has 0 radical (unpaired) electrons. The number of ether oxygens (including phenoxy) is 1. The van der Waals surface area contributed by atoms with Crippen LogP contribution in [0.2, 0.25) is 0 Å². The minimum atomic E-state index is 0.172. The molecule has 0 unspecified atom stereocenters. The Morgan fingerprint density at radius 1 is 1.24 bits per heavy atom. The molecule has 0 saturated carbocycles. The summed E-state index contributed by atoms with van der Waals surface area (Å²) in [5, 5.41) is 0. The molecule has 0 amide bonds. The van der Waals surface area contributed by atoms with Crippen molar-refractivity contribution < 1.29 is 9.53 Å². The minimum Gasteiger partial charge on any atom is -0.378 e. The van der Waals surface area contributed by atoms with Crippen molar-refractivity contribution in [1.82, 2.24) is 4.90 Å². The molecule has 3 rings (SSSR count). The van der Waals surface area contributed by atoms with Crippen molar-refractivity contribution in [2.24, 2.45) is 0 Å². The first-order chi connectivity index (χ1) is 10.2. The third-order valence-electron chi connectivity index (χ3n) is 4.02. The smallest absolute Gasteiger partial charge is 0.173 e. The fourth-order valence-corrected chi connectivity index (χ4v) is 3.94. The zero-order chi connectivity index (χ0) is 14.7. The fourth-order valence-electron chi connectivity index (χ4n) is 2.79. The highest BCUT2D eigenvalue weighted by Crippen LogP contribution is 2.23. The van der Waals surface area contributed by atoms with Gasteiger partial charge in [-0.1, -0.05) is 36.1 Å². The second-order valence-corrected chi connectivity index (χ2v) is 7.02. The molecule has 0 N–H and O–H groups in total. The predicted molar refractivity (Wildman–Crippen MR) is 90.2 cm³/mol. The molecule has 1 heterocycles. The molecule has 2 aliphatic rings. The molecular formula is C16H19NO2S2. The Balaban J connectivity index is 1.55. The minimum absolute atomic E-state index is 0.172. The summed E-state index contributed by atoms with van der Waals surface area (Å²) in [7, 11) is 0. The summed E-state index contributed by atoms with van der Waals surface area (Å²) in [6.45, 7) is 3.11. The van der Waals surface area contributed by atoms with Gasteiger partial charge in [-0.05, 0) is 36.5 Å². The summed E-state index contributed by atoms with van der Waals surface area (Å²) >= 11 is 6.87. The van der Waals surface area contributed by atoms with Crippen LogP contribution in [0.4, 0.5) is 0 Å². The van der Waals surface area contributed by atoms with Crippen molar-refractivity contribution in [1.29, 1.82) is 0 Å². The van der Waals surface area contributed by atoms with Gasteiger partial charge < -0.3 is 9.64 Å². The number of fused-ring (bicyclic) bond motifs is 1. The van der Waals surface area contributed by atoms with Crippen LogP contribution >= 0.6 is 24.0 Å². The monoisotopic (exact) mass is 321 g/mol. The first-order valence-corrected chi connectivity index (χ1v) is 8.78. The third-order valence-corrected chi connectivity index (χ3v) is 5.54. The standard InChI is InChI=1S/C16H19NO2S2/c18-15(11-21-16(20)17-6-8-19-9-7-17)14-5-4-12-2-1-3-13(12)10-14/h4-5,10H,1-3,6-9,11H2. The van der Waals surface area contributed by atoms with E-state index in [0.29, 0.717) is 5.75 Å². The number of carbonyl (C=O) groups is 1. The first kappa shape index (κ1) is 15.0. The number of ketones is 1. The van der Waals surface area contributed by atoms with Crippen LogP contribution in [-0.2, 0) is 17.6 Å². The lowest BCUT2D eigenvalue weighted by molar-refractivity contribution is 0.0702. The van der Waals surface area contributed by atoms with Gasteiger partial charge in [0.1, 0.15) is 4.32 Å². The summed E-state index contributed by atoms with van der Waals surface area (Å²) in [6.07, 6.45) is 3.47. The number of thioether (sulfide) groups is 1. The number of hydrogen-bond donors (Lipinski definition) is 0. The van der Waals surface area contributed by atoms with Crippen molar-refractivity contribution >= 4 is 34.1 Å². The Morgan fingerprint density at radius 3 is 2.81 bits per heavy atom. The Labute approximate surface area is 135 Å². The van der Waals surface area contributed by atoms with Crippen LogP contribution in [0.3, 0.4) is 0 Å². The molecule has 1 saturated heterocycles. The quantitative estimate of drug-likeness (QED) is 0.631. The average molecular weight is 321 g/mol. The number of benzene rings is 1. The van der Waals surface area contributed by atoms with Gasteiger partial charge in [-0.2, -0.15) is 0 Å². The van der Waals surface area contributed by atoms with E-state index in [-0.39, 0.29) is 5.78 Å². The van der Waals surface area contributed by atoms with Gasteiger partial charge >= 0.3 is 0 Å². The number of morpholine rings is 1. The van der Waals surface area contributed by atoms with E-state index in [1.807, 2.05) is 6.07 Å². The van der Waals surface area contributed by atoms with Crippen molar-refractivity contribution in [3.63, 3.8) is 0 Å². The zero-order valence-electron chi connectivity index (χ0n) is 12.0. The topological polar surface area (TPSA) is 29.5 Å². The second kappa shape index (κ2) is 6.90. The van der Waals surface area contributed by atoms with Crippen LogP contribution in [0.1, 0.15) is 27.9 Å². The number of Topliss-reactive ketones (excluding diaryl/α,β-unsaturated/α-hetero) is 1. The van der Waals surface area contributed by atoms with Crippen molar-refractivity contribution in [3.05, 3.63) is 34.9 Å². The highest BCUT2D eigenvalue weighted by atomic mass is 32.2. The number of hydrogen-bond acceptors (Lipinski definition) is 4. The van der Waals surface area contributed by atoms with E-state index in [4.69, 9.17) is 17.0 Å². The van der Waals surface area contributed by atoms with Crippen molar-refractivity contribution in [2.75, 3.05) is 32.1 Å². The molecule has 112 valence electrons. The predicted octanol–water partition coefficient (Wildman–Crippen LogP) is 2.71. The first-order valence-electron chi connectivity index (χ1n) is 7.38. The van der Waals surface area contributed by atoms with Crippen LogP contribution in [0.25, 0.3) is 0 Å². The summed E-state index contributed by atoms with van der Waals surface area (Å²) in [6, 6.07) is 6.15. The Bertz CT molecular complexity index is 553. The molecule has 1 fully saturated rings. The van der Waals surface area contributed by atoms with E-state index in [9.17, 15) is 4.79 Å². The highest BCUT2D eigenvalue weighted by molar-refractivity contribution is 8.23. The number of aryl methyl sites for hydroxylation is 2. The van der Waals surface area contributed by atoms with E-state index in [2.05, 4.69) is 17.0 Å². The van der Waals surface area contributed by atoms with Crippen LogP contribution in [-0.4, -0.2) is 47.1 Å². The molecular weight excluding hydrogens is 302 g/mol. The highest BCUT2D eigenvalue weighted by Gasteiger charge is 2.17. The lowest BCUT2D eigenvalue weighted by atomic mass is 10.0. The molecule has 0 bridgehead atoms. The summed E-state index contributed by atoms with van der Waals surface area (Å²) in [5.41, 5.74) is 3.58. The van der Waals surface area contributed by atoms with Gasteiger partial charge in [-0.15, -0.1) is 0 Å². The molecule has 1 aromatic carbocycles. The molecule has 1 aliphatic carbocycles. The zero-order valence-corrected chi connectivity index (χ0v) is 13.6. The Kier molecular flexibility index (Phi) is 4.93. The number of carbonyl (C=O) groups excluding carboxylic acids is 1. The van der Waals surface area contributed by atoms with Gasteiger partial charge in [-0.3, -0.25) is 4.79 Å². The average Bonchev–Trinajstić information content (AvgIpc) is 3.00. The maximum atomic E-state index is 12.3. The number of thiocarbonyl (C=S) groups is 1. The molecule has 5 heteroatoms. The van der Waals surface area contributed by atoms with Crippen molar-refractivity contribution in [2.45, 2.75) is 19.3 Å². The Hall–Kier alpha value is -0.910. The maximum absolute atomic E-state index is 12.3. The maximum Gasteiger partial charge on any atom is 0.173 e. The van der Waals surface area contributed by atoms with Crippen LogP contribution in [0.15, 0.2) is 18.2 Å². The molecule has 0 aromatic heterocycles. The van der Waals surface area contributed by atoms with Gasteiger partial charge in [0.05, 0.1) is 19.0 Å². The van der Waals surface area contributed by atoms with Gasteiger partial charge in [0.2, 0.25) is 0 Å². The summed E-state index contributed by atoms with van der Waals surface area (Å²) < 4.78 is 6.12. The van der Waals surface area contributed by atoms with Crippen molar-refractivity contribution in [3.8, 4) is 0 Å². The molecule has 21 heavy (non-hydrogen) atoms. The lowest BCUT2D eigenvalue weighted by Crippen LogP contribution is -2.38. The number of rotatable bonds is 3. The van der Waals surface area contributed by atoms with Crippen LogP contribution in [0, 0.1) is 0 Å². The fraction of sp³-hybridized carbons (Fsp3) is 0.500. The molecule has 0 spiro atoms. The normalized spacial score (nSPS) is 17.6. The van der Waals surface area contributed by atoms with E-state index in [1.54, 1.807) is 0 Å². The Morgan fingerprint density at radius 2 is 2.00 bits per heavy atom. The molecule has 1 aromatic rings.